The van der Waals surface area contributed by atoms with E-state index in [1.807, 2.05) is 13.8 Å². The molecule has 0 radical (unpaired) electrons. The number of hydrogen-bond donors (Lipinski definition) is 1. The molecule has 0 saturated carbocycles. The Bertz CT molecular complexity index is 429. The van der Waals surface area contributed by atoms with Crippen LogP contribution in [-0.4, -0.2) is 16.5 Å². The molecule has 1 unspecified atom stereocenters. The first-order chi connectivity index (χ1) is 7.91. The molecule has 0 aliphatic carbocycles. The van der Waals surface area contributed by atoms with Gasteiger partial charge in [-0.25, -0.2) is 0 Å². The van der Waals surface area contributed by atoms with Crippen LogP contribution in [0.2, 0.25) is 0 Å². The molecule has 0 saturated heterocycles. The summed E-state index contributed by atoms with van der Waals surface area (Å²) in [6.45, 7) is 5.40. The second-order valence-corrected chi connectivity index (χ2v) is 5.26. The molecule has 0 fully saturated rings. The fourth-order valence-corrected chi connectivity index (χ4v) is 1.68. The van der Waals surface area contributed by atoms with E-state index in [0.29, 0.717) is 11.3 Å². The largest absolute Gasteiger partial charge is 0.326 e. The molecule has 17 heavy (non-hydrogen) atoms. The minimum absolute atomic E-state index is 0.0344. The normalized spacial score (nSPS) is 12.3. The Morgan fingerprint density at radius 2 is 1.94 bits per heavy atom. The zero-order valence-corrected chi connectivity index (χ0v) is 11.7. The van der Waals surface area contributed by atoms with Gasteiger partial charge in [0.05, 0.1) is 4.83 Å². The van der Waals surface area contributed by atoms with Gasteiger partial charge < -0.3 is 5.32 Å². The number of halogens is 1. The third-order valence-electron chi connectivity index (χ3n) is 2.30. The summed E-state index contributed by atoms with van der Waals surface area (Å²) >= 11 is 3.38. The third-order valence-corrected chi connectivity index (χ3v) is 3.78. The summed E-state index contributed by atoms with van der Waals surface area (Å²) in [5.41, 5.74) is 1.25. The Kier molecular flexibility index (Phi) is 4.87. The van der Waals surface area contributed by atoms with Crippen molar-refractivity contribution >= 4 is 33.3 Å². The van der Waals surface area contributed by atoms with E-state index in [1.54, 1.807) is 24.3 Å². The highest BCUT2D eigenvalue weighted by molar-refractivity contribution is 9.10. The van der Waals surface area contributed by atoms with E-state index in [2.05, 4.69) is 21.2 Å². The van der Waals surface area contributed by atoms with Gasteiger partial charge in [0.2, 0.25) is 5.91 Å². The van der Waals surface area contributed by atoms with Gasteiger partial charge in [0.15, 0.2) is 5.78 Å². The van der Waals surface area contributed by atoms with Crippen molar-refractivity contribution in [3.8, 4) is 0 Å². The van der Waals surface area contributed by atoms with Crippen molar-refractivity contribution in [3.05, 3.63) is 29.8 Å². The van der Waals surface area contributed by atoms with Crippen LogP contribution in [0.15, 0.2) is 24.3 Å². The molecule has 1 amide bonds. The molecule has 0 bridgehead atoms. The van der Waals surface area contributed by atoms with Crippen LogP contribution in [0, 0.1) is 5.92 Å². The van der Waals surface area contributed by atoms with Gasteiger partial charge in [0, 0.05) is 18.2 Å². The first-order valence-corrected chi connectivity index (χ1v) is 6.39. The number of alkyl halides is 1. The van der Waals surface area contributed by atoms with Gasteiger partial charge in [-0.15, -0.1) is 0 Å². The molecule has 0 aromatic heterocycles. The van der Waals surface area contributed by atoms with Crippen LogP contribution in [0.4, 0.5) is 5.69 Å². The highest BCUT2D eigenvalue weighted by atomic mass is 79.9. The Morgan fingerprint density at radius 1 is 1.29 bits per heavy atom. The lowest BCUT2D eigenvalue weighted by Crippen LogP contribution is -2.20. The quantitative estimate of drug-likeness (QED) is 0.685. The average Bonchev–Trinajstić information content (AvgIpc) is 2.26. The van der Waals surface area contributed by atoms with Gasteiger partial charge in [-0.1, -0.05) is 41.9 Å². The molecular formula is C13H16BrNO2. The van der Waals surface area contributed by atoms with E-state index in [0.717, 1.165) is 0 Å². The van der Waals surface area contributed by atoms with E-state index in [1.165, 1.54) is 6.92 Å². The summed E-state index contributed by atoms with van der Waals surface area (Å²) in [5.74, 6) is 0.118. The second kappa shape index (κ2) is 5.96. The lowest BCUT2D eigenvalue weighted by molar-refractivity contribution is -0.114. The van der Waals surface area contributed by atoms with Crippen molar-refractivity contribution in [1.29, 1.82) is 0 Å². The number of benzene rings is 1. The molecule has 1 aromatic carbocycles. The summed E-state index contributed by atoms with van der Waals surface area (Å²) in [5, 5.41) is 2.66. The first kappa shape index (κ1) is 13.9. The van der Waals surface area contributed by atoms with Gasteiger partial charge in [-0.3, -0.25) is 9.59 Å². The van der Waals surface area contributed by atoms with E-state index < -0.39 is 0 Å². The summed E-state index contributed by atoms with van der Waals surface area (Å²) < 4.78 is 0. The maximum Gasteiger partial charge on any atom is 0.221 e. The average molecular weight is 298 g/mol. The minimum atomic E-state index is -0.199. The van der Waals surface area contributed by atoms with Crippen LogP contribution in [0.1, 0.15) is 31.1 Å². The lowest BCUT2D eigenvalue weighted by Gasteiger charge is -2.13. The van der Waals surface area contributed by atoms with Crippen molar-refractivity contribution in [2.24, 2.45) is 5.92 Å². The van der Waals surface area contributed by atoms with E-state index in [-0.39, 0.29) is 22.4 Å². The van der Waals surface area contributed by atoms with Crippen molar-refractivity contribution in [2.45, 2.75) is 25.6 Å². The number of ketones is 1. The van der Waals surface area contributed by atoms with Crippen LogP contribution < -0.4 is 5.32 Å². The smallest absolute Gasteiger partial charge is 0.221 e. The molecule has 1 rings (SSSR count). The lowest BCUT2D eigenvalue weighted by atomic mass is 10.0. The van der Waals surface area contributed by atoms with Gasteiger partial charge in [0.25, 0.3) is 0 Å². The van der Waals surface area contributed by atoms with Gasteiger partial charge in [0.1, 0.15) is 0 Å². The minimum Gasteiger partial charge on any atom is -0.326 e. The number of carbonyl (C=O) groups is 2. The number of rotatable bonds is 4. The molecule has 0 aliphatic rings. The van der Waals surface area contributed by atoms with Crippen LogP contribution in [0.3, 0.4) is 0 Å². The molecule has 1 aromatic rings. The molecule has 92 valence electrons. The zero-order chi connectivity index (χ0) is 13.0. The summed E-state index contributed by atoms with van der Waals surface area (Å²) in [6, 6.07) is 6.97. The van der Waals surface area contributed by atoms with Crippen LogP contribution in [0.5, 0.6) is 0 Å². The number of amides is 1. The third kappa shape index (κ3) is 3.97. The van der Waals surface area contributed by atoms with Crippen LogP contribution >= 0.6 is 15.9 Å². The van der Waals surface area contributed by atoms with E-state index in [4.69, 9.17) is 0 Å². The highest BCUT2D eigenvalue weighted by Gasteiger charge is 2.20. The van der Waals surface area contributed by atoms with Crippen LogP contribution in [0.25, 0.3) is 0 Å². The predicted molar refractivity (Wildman–Crippen MR) is 72.6 cm³/mol. The number of hydrogen-bond acceptors (Lipinski definition) is 2. The maximum absolute atomic E-state index is 12.1. The monoisotopic (exact) mass is 297 g/mol. The number of carbonyl (C=O) groups excluding carboxylic acids is 2. The Balaban J connectivity index is 2.91. The molecule has 0 spiro atoms. The predicted octanol–water partition coefficient (Wildman–Crippen LogP) is 3.25. The molecule has 1 N–H and O–H groups in total. The second-order valence-electron chi connectivity index (χ2n) is 4.27. The molecule has 3 nitrogen and oxygen atoms in total. The topological polar surface area (TPSA) is 46.2 Å². The van der Waals surface area contributed by atoms with Crippen molar-refractivity contribution < 1.29 is 9.59 Å². The molecule has 4 heteroatoms. The number of Topliss-reactive ketones (excluding diaryl/α,β-unsaturated/α-hetero) is 1. The number of anilines is 1. The van der Waals surface area contributed by atoms with Crippen molar-refractivity contribution in [2.75, 3.05) is 5.32 Å². The van der Waals surface area contributed by atoms with Gasteiger partial charge in [-0.2, -0.15) is 0 Å². The highest BCUT2D eigenvalue weighted by Crippen LogP contribution is 2.20. The Hall–Kier alpha value is -1.16. The fraction of sp³-hybridized carbons (Fsp3) is 0.385. The summed E-state index contributed by atoms with van der Waals surface area (Å²) in [7, 11) is 0. The van der Waals surface area contributed by atoms with E-state index in [9.17, 15) is 9.59 Å². The number of nitrogens with one attached hydrogen (secondary N) is 1. The van der Waals surface area contributed by atoms with Crippen molar-refractivity contribution in [1.82, 2.24) is 0 Å². The molecule has 1 atom stereocenters. The maximum atomic E-state index is 12.1. The summed E-state index contributed by atoms with van der Waals surface area (Å²) in [4.78, 5) is 22.8. The standard InChI is InChI=1S/C13H16BrNO2/c1-8(2)12(14)13(17)10-5-4-6-11(7-10)15-9(3)16/h4-8,12H,1-3H3,(H,15,16). The Morgan fingerprint density at radius 3 is 2.47 bits per heavy atom. The molecular weight excluding hydrogens is 282 g/mol. The first-order valence-electron chi connectivity index (χ1n) is 5.47. The van der Waals surface area contributed by atoms with Crippen LogP contribution in [-0.2, 0) is 4.79 Å². The van der Waals surface area contributed by atoms with Crippen molar-refractivity contribution in [3.63, 3.8) is 0 Å². The van der Waals surface area contributed by atoms with E-state index >= 15 is 0 Å². The SMILES string of the molecule is CC(=O)Nc1cccc(C(=O)C(Br)C(C)C)c1. The Labute approximate surface area is 110 Å². The van der Waals surface area contributed by atoms with Gasteiger partial charge in [-0.05, 0) is 18.1 Å². The fourth-order valence-electron chi connectivity index (χ4n) is 1.42. The van der Waals surface area contributed by atoms with Gasteiger partial charge >= 0.3 is 0 Å². The molecule has 0 aliphatic heterocycles. The summed E-state index contributed by atoms with van der Waals surface area (Å²) in [6.07, 6.45) is 0. The zero-order valence-electron chi connectivity index (χ0n) is 10.2. The molecule has 0 heterocycles.